The van der Waals surface area contributed by atoms with Crippen molar-refractivity contribution in [3.63, 3.8) is 0 Å². The average Bonchev–Trinajstić information content (AvgIpc) is 2.73. The first-order valence-corrected chi connectivity index (χ1v) is 7.64. The molecule has 23 heavy (non-hydrogen) atoms. The molecular weight excluding hydrogens is 288 g/mol. The molecule has 1 heterocycles. The van der Waals surface area contributed by atoms with Gasteiger partial charge < -0.3 is 10.4 Å². The molecule has 1 unspecified atom stereocenters. The average molecular weight is 304 g/mol. The van der Waals surface area contributed by atoms with Crippen molar-refractivity contribution in [1.82, 2.24) is 0 Å². The molecule has 2 N–H and O–H groups in total. The maximum absolute atomic E-state index is 12.1. The summed E-state index contributed by atoms with van der Waals surface area (Å²) in [5.41, 5.74) is 3.44. The van der Waals surface area contributed by atoms with E-state index in [4.69, 9.17) is 0 Å². The van der Waals surface area contributed by atoms with Gasteiger partial charge in [0.2, 0.25) is 5.91 Å². The van der Waals surface area contributed by atoms with Gasteiger partial charge in [-0.1, -0.05) is 54.6 Å². The fourth-order valence-corrected chi connectivity index (χ4v) is 3.13. The molecule has 2 aromatic carbocycles. The van der Waals surface area contributed by atoms with E-state index in [1.165, 1.54) is 0 Å². The highest BCUT2D eigenvalue weighted by atomic mass is 16.3. The molecule has 1 amide bonds. The Morgan fingerprint density at radius 3 is 2.91 bits per heavy atom. The first-order chi connectivity index (χ1) is 11.2. The summed E-state index contributed by atoms with van der Waals surface area (Å²) in [7, 11) is 0. The van der Waals surface area contributed by atoms with Gasteiger partial charge in [-0.2, -0.15) is 0 Å². The monoisotopic (exact) mass is 304 g/mol. The van der Waals surface area contributed by atoms with Crippen molar-refractivity contribution in [2.24, 2.45) is 4.99 Å². The number of rotatable bonds is 1. The maximum Gasteiger partial charge on any atom is 0.246 e. The number of amides is 1. The van der Waals surface area contributed by atoms with Crippen LogP contribution in [-0.4, -0.2) is 29.4 Å². The Balaban J connectivity index is 1.93. The Labute approximate surface area is 133 Å². The maximum atomic E-state index is 12.1. The minimum absolute atomic E-state index is 0.0927. The number of hydrogen-bond donors (Lipinski definition) is 2. The molecule has 114 valence electrons. The summed E-state index contributed by atoms with van der Waals surface area (Å²) in [4.78, 5) is 16.6. The smallest absolute Gasteiger partial charge is 0.246 e. The predicted octanol–water partition coefficient (Wildman–Crippen LogP) is 2.83. The first kappa shape index (κ1) is 13.9. The lowest BCUT2D eigenvalue weighted by Gasteiger charge is -2.18. The Kier molecular flexibility index (Phi) is 3.32. The van der Waals surface area contributed by atoms with Crippen LogP contribution < -0.4 is 5.32 Å². The number of carbonyl (C=O) groups is 1. The second-order valence-corrected chi connectivity index (χ2v) is 5.77. The normalized spacial score (nSPS) is 20.4. The van der Waals surface area contributed by atoms with E-state index in [-0.39, 0.29) is 12.5 Å². The van der Waals surface area contributed by atoms with Gasteiger partial charge in [-0.15, -0.1) is 0 Å². The molecular formula is C19H16N2O2. The van der Waals surface area contributed by atoms with Crippen LogP contribution in [0.25, 0.3) is 10.8 Å². The summed E-state index contributed by atoms with van der Waals surface area (Å²) in [6.45, 7) is 0.0927. The molecule has 0 radical (unpaired) electrons. The zero-order chi connectivity index (χ0) is 15.8. The molecule has 4 nitrogen and oxygen atoms in total. The molecule has 0 saturated heterocycles. The van der Waals surface area contributed by atoms with Crippen molar-refractivity contribution in [2.75, 3.05) is 11.9 Å². The van der Waals surface area contributed by atoms with Crippen LogP contribution in [0, 0.1) is 0 Å². The number of nitrogens with one attached hydrogen (secondary N) is 1. The molecule has 1 aliphatic carbocycles. The lowest BCUT2D eigenvalue weighted by atomic mass is 9.91. The summed E-state index contributed by atoms with van der Waals surface area (Å²) in [6.07, 6.45) is 5.56. The molecule has 4 rings (SSSR count). The zero-order valence-corrected chi connectivity index (χ0v) is 12.5. The topological polar surface area (TPSA) is 61.7 Å². The van der Waals surface area contributed by atoms with Gasteiger partial charge in [0, 0.05) is 17.4 Å². The second-order valence-electron chi connectivity index (χ2n) is 5.77. The Bertz CT molecular complexity index is 893. The molecule has 0 aromatic heterocycles. The summed E-state index contributed by atoms with van der Waals surface area (Å²) >= 11 is 0. The third kappa shape index (κ3) is 2.47. The van der Waals surface area contributed by atoms with Crippen molar-refractivity contribution in [2.45, 2.75) is 12.5 Å². The number of nitrogens with zero attached hydrogens (tertiary/aromatic N) is 1. The van der Waals surface area contributed by atoms with Crippen molar-refractivity contribution >= 4 is 28.1 Å². The molecule has 0 saturated carbocycles. The minimum atomic E-state index is -0.506. The molecule has 2 aromatic rings. The number of aliphatic hydroxyl groups excluding tert-OH is 1. The Morgan fingerprint density at radius 2 is 2.04 bits per heavy atom. The van der Waals surface area contributed by atoms with Crippen molar-refractivity contribution < 1.29 is 9.90 Å². The summed E-state index contributed by atoms with van der Waals surface area (Å²) in [6, 6.07) is 12.0. The van der Waals surface area contributed by atoms with Gasteiger partial charge in [-0.25, -0.2) is 0 Å². The van der Waals surface area contributed by atoms with Gasteiger partial charge in [-0.05, 0) is 11.0 Å². The Morgan fingerprint density at radius 1 is 1.17 bits per heavy atom. The Hall–Kier alpha value is -2.72. The number of hydrogen-bond acceptors (Lipinski definition) is 3. The van der Waals surface area contributed by atoms with Gasteiger partial charge >= 0.3 is 0 Å². The quantitative estimate of drug-likeness (QED) is 0.851. The van der Waals surface area contributed by atoms with E-state index in [0.29, 0.717) is 6.42 Å². The van der Waals surface area contributed by atoms with E-state index in [1.807, 2.05) is 48.6 Å². The fourth-order valence-electron chi connectivity index (χ4n) is 3.13. The largest absolute Gasteiger partial charge is 0.389 e. The third-order valence-corrected chi connectivity index (χ3v) is 4.19. The van der Waals surface area contributed by atoms with Gasteiger partial charge in [0.25, 0.3) is 0 Å². The highest BCUT2D eigenvalue weighted by molar-refractivity contribution is 6.23. The fraction of sp³-hybridized carbons (Fsp3) is 0.158. The number of benzene rings is 2. The molecule has 1 atom stereocenters. The number of carbonyl (C=O) groups excluding carboxylic acids is 1. The van der Waals surface area contributed by atoms with E-state index in [9.17, 15) is 9.90 Å². The van der Waals surface area contributed by atoms with Gasteiger partial charge in [0.1, 0.15) is 6.54 Å². The summed E-state index contributed by atoms with van der Waals surface area (Å²) < 4.78 is 0. The summed E-state index contributed by atoms with van der Waals surface area (Å²) in [5.74, 6) is -0.120. The van der Waals surface area contributed by atoms with Crippen LogP contribution in [0.3, 0.4) is 0 Å². The van der Waals surface area contributed by atoms with Crippen LogP contribution >= 0.6 is 0 Å². The number of aliphatic hydroxyl groups is 1. The van der Waals surface area contributed by atoms with Crippen molar-refractivity contribution in [3.05, 3.63) is 65.8 Å². The standard InChI is InChI=1S/C19H16N2O2/c22-14-6-3-5-13(10-14)18-16-9-8-12-4-1-2-7-15(12)19(16)21-17(23)11-20-18/h1-9,14,22H,10-11H2,(H,21,23). The number of anilines is 1. The first-order valence-electron chi connectivity index (χ1n) is 7.64. The number of aliphatic imine (C=N–C) groups is 1. The molecule has 4 heteroatoms. The van der Waals surface area contributed by atoms with Crippen LogP contribution in [0.2, 0.25) is 0 Å². The highest BCUT2D eigenvalue weighted by Crippen LogP contribution is 2.32. The molecule has 0 fully saturated rings. The van der Waals surface area contributed by atoms with Gasteiger partial charge in [-0.3, -0.25) is 9.79 Å². The molecule has 1 aliphatic heterocycles. The lowest BCUT2D eigenvalue weighted by Crippen LogP contribution is -2.15. The van der Waals surface area contributed by atoms with Crippen LogP contribution in [-0.2, 0) is 4.79 Å². The number of fused-ring (bicyclic) bond motifs is 3. The van der Waals surface area contributed by atoms with Crippen molar-refractivity contribution in [3.8, 4) is 0 Å². The highest BCUT2D eigenvalue weighted by Gasteiger charge is 2.22. The minimum Gasteiger partial charge on any atom is -0.389 e. The van der Waals surface area contributed by atoms with Crippen LogP contribution in [0.5, 0.6) is 0 Å². The van der Waals surface area contributed by atoms with Crippen LogP contribution in [0.4, 0.5) is 5.69 Å². The lowest BCUT2D eigenvalue weighted by molar-refractivity contribution is -0.114. The van der Waals surface area contributed by atoms with E-state index >= 15 is 0 Å². The molecule has 2 aliphatic rings. The molecule has 0 bridgehead atoms. The van der Waals surface area contributed by atoms with Gasteiger partial charge in [0.05, 0.1) is 17.5 Å². The predicted molar refractivity (Wildman–Crippen MR) is 91.8 cm³/mol. The zero-order valence-electron chi connectivity index (χ0n) is 12.5. The summed E-state index contributed by atoms with van der Waals surface area (Å²) in [5, 5.41) is 14.9. The third-order valence-electron chi connectivity index (χ3n) is 4.19. The van der Waals surface area contributed by atoms with E-state index in [1.54, 1.807) is 6.08 Å². The van der Waals surface area contributed by atoms with E-state index < -0.39 is 6.10 Å². The SMILES string of the molecule is O=C1CN=C(C2=CC=CC(O)C2)c2ccc3ccccc3c2N1. The molecule has 0 spiro atoms. The van der Waals surface area contributed by atoms with Crippen LogP contribution in [0.15, 0.2) is 65.2 Å². The van der Waals surface area contributed by atoms with Gasteiger partial charge in [0.15, 0.2) is 0 Å². The van der Waals surface area contributed by atoms with E-state index in [2.05, 4.69) is 10.3 Å². The number of allylic oxidation sites excluding steroid dienone is 2. The van der Waals surface area contributed by atoms with E-state index in [0.717, 1.165) is 33.3 Å². The second kappa shape index (κ2) is 5.48. The van der Waals surface area contributed by atoms with Crippen molar-refractivity contribution in [1.29, 1.82) is 0 Å². The van der Waals surface area contributed by atoms with Crippen LogP contribution in [0.1, 0.15) is 12.0 Å².